The second-order valence-corrected chi connectivity index (χ2v) is 5.53. The first kappa shape index (κ1) is 15.3. The first-order chi connectivity index (χ1) is 11.2. The van der Waals surface area contributed by atoms with Crippen LogP contribution in [0, 0.1) is 0 Å². The quantitative estimate of drug-likeness (QED) is 0.816. The first-order valence-electron chi connectivity index (χ1n) is 7.80. The van der Waals surface area contributed by atoms with E-state index in [1.807, 2.05) is 54.6 Å². The summed E-state index contributed by atoms with van der Waals surface area (Å²) in [6, 6.07) is 17.4. The summed E-state index contributed by atoms with van der Waals surface area (Å²) in [4.78, 5) is 26.4. The highest BCUT2D eigenvalue weighted by Gasteiger charge is 2.34. The fourth-order valence-electron chi connectivity index (χ4n) is 3.01. The summed E-state index contributed by atoms with van der Waals surface area (Å²) in [6.07, 6.45) is 0.651. The second kappa shape index (κ2) is 6.65. The Bertz CT molecular complexity index is 712. The number of carbonyl (C=O) groups is 2. The predicted octanol–water partition coefficient (Wildman–Crippen LogP) is 2.92. The zero-order valence-corrected chi connectivity index (χ0v) is 13.1. The Labute approximate surface area is 135 Å². The summed E-state index contributed by atoms with van der Waals surface area (Å²) in [7, 11) is 0. The molecule has 23 heavy (non-hydrogen) atoms. The van der Waals surface area contributed by atoms with Crippen LogP contribution in [-0.2, 0) is 20.7 Å². The van der Waals surface area contributed by atoms with E-state index in [9.17, 15) is 9.59 Å². The van der Waals surface area contributed by atoms with Crippen LogP contribution in [0.25, 0.3) is 0 Å². The van der Waals surface area contributed by atoms with E-state index >= 15 is 0 Å². The molecule has 2 aromatic carbocycles. The molecule has 0 saturated heterocycles. The van der Waals surface area contributed by atoms with E-state index < -0.39 is 0 Å². The Morgan fingerprint density at radius 1 is 1.13 bits per heavy atom. The fourth-order valence-corrected chi connectivity index (χ4v) is 3.01. The lowest BCUT2D eigenvalue weighted by Crippen LogP contribution is -2.43. The minimum absolute atomic E-state index is 0.0486. The maximum Gasteiger partial charge on any atom is 0.326 e. The van der Waals surface area contributed by atoms with E-state index in [0.29, 0.717) is 13.0 Å². The molecule has 0 aromatic heterocycles. The van der Waals surface area contributed by atoms with Gasteiger partial charge in [0.2, 0.25) is 5.91 Å². The van der Waals surface area contributed by atoms with Gasteiger partial charge in [-0.15, -0.1) is 0 Å². The minimum Gasteiger partial charge on any atom is -0.465 e. The molecule has 2 aromatic rings. The second-order valence-electron chi connectivity index (χ2n) is 5.53. The number of nitrogens with zero attached hydrogens (tertiary/aromatic N) is 1. The predicted molar refractivity (Wildman–Crippen MR) is 88.3 cm³/mol. The van der Waals surface area contributed by atoms with Gasteiger partial charge in [0.05, 0.1) is 12.5 Å². The third-order valence-corrected chi connectivity index (χ3v) is 4.07. The Balaban J connectivity index is 1.96. The number of benzene rings is 2. The van der Waals surface area contributed by atoms with Gasteiger partial charge in [-0.3, -0.25) is 9.59 Å². The molecule has 0 saturated carbocycles. The van der Waals surface area contributed by atoms with Gasteiger partial charge < -0.3 is 9.64 Å². The largest absolute Gasteiger partial charge is 0.465 e. The van der Waals surface area contributed by atoms with Crippen LogP contribution in [0.2, 0.25) is 0 Å². The molecule has 1 unspecified atom stereocenters. The summed E-state index contributed by atoms with van der Waals surface area (Å²) >= 11 is 0. The molecule has 1 amide bonds. The highest BCUT2D eigenvalue weighted by Crippen LogP contribution is 2.35. The number of amides is 1. The highest BCUT2D eigenvalue weighted by molar-refractivity contribution is 6.04. The van der Waals surface area contributed by atoms with E-state index in [1.165, 1.54) is 0 Å². The van der Waals surface area contributed by atoms with Crippen molar-refractivity contribution in [3.8, 4) is 0 Å². The molecule has 1 heterocycles. The van der Waals surface area contributed by atoms with E-state index in [1.54, 1.807) is 11.8 Å². The molecule has 0 radical (unpaired) electrons. The Morgan fingerprint density at radius 3 is 2.57 bits per heavy atom. The standard InChI is InChI=1S/C19H19NO3/c1-2-23-18(21)13-20-17-11-7-6-10-15(17)12-16(19(20)22)14-8-4-3-5-9-14/h3-11,16H,2,12-13H2,1H3. The third-order valence-electron chi connectivity index (χ3n) is 4.07. The number of para-hydroxylation sites is 1. The van der Waals surface area contributed by atoms with Gasteiger partial charge >= 0.3 is 5.97 Å². The van der Waals surface area contributed by atoms with Crippen LogP contribution in [0.3, 0.4) is 0 Å². The molecule has 0 bridgehead atoms. The molecule has 1 aliphatic rings. The van der Waals surface area contributed by atoms with Crippen molar-refractivity contribution in [2.45, 2.75) is 19.3 Å². The Morgan fingerprint density at radius 2 is 1.83 bits per heavy atom. The van der Waals surface area contributed by atoms with Crippen molar-refractivity contribution in [3.05, 3.63) is 65.7 Å². The molecular weight excluding hydrogens is 290 g/mol. The highest BCUT2D eigenvalue weighted by atomic mass is 16.5. The molecule has 4 heteroatoms. The van der Waals surface area contributed by atoms with Crippen molar-refractivity contribution in [1.82, 2.24) is 0 Å². The molecular formula is C19H19NO3. The van der Waals surface area contributed by atoms with E-state index in [0.717, 1.165) is 16.8 Å². The molecule has 0 fully saturated rings. The van der Waals surface area contributed by atoms with Crippen molar-refractivity contribution >= 4 is 17.6 Å². The number of anilines is 1. The lowest BCUT2D eigenvalue weighted by molar-refractivity contribution is -0.142. The minimum atomic E-state index is -0.385. The molecule has 118 valence electrons. The van der Waals surface area contributed by atoms with E-state index in [4.69, 9.17) is 4.74 Å². The zero-order chi connectivity index (χ0) is 16.2. The van der Waals surface area contributed by atoms with Crippen molar-refractivity contribution in [2.24, 2.45) is 0 Å². The third kappa shape index (κ3) is 3.11. The summed E-state index contributed by atoms with van der Waals surface area (Å²) in [5, 5.41) is 0. The number of hydrogen-bond acceptors (Lipinski definition) is 3. The maximum atomic E-state index is 12.9. The molecule has 1 aliphatic heterocycles. The molecule has 4 nitrogen and oxygen atoms in total. The van der Waals surface area contributed by atoms with Crippen molar-refractivity contribution in [3.63, 3.8) is 0 Å². The molecule has 1 atom stereocenters. The molecule has 0 N–H and O–H groups in total. The van der Waals surface area contributed by atoms with Crippen molar-refractivity contribution in [1.29, 1.82) is 0 Å². The number of rotatable bonds is 4. The number of fused-ring (bicyclic) bond motifs is 1. The number of carbonyl (C=O) groups excluding carboxylic acids is 2. The average molecular weight is 309 g/mol. The van der Waals surface area contributed by atoms with Gasteiger partial charge in [-0.05, 0) is 30.5 Å². The van der Waals surface area contributed by atoms with E-state index in [-0.39, 0.29) is 24.3 Å². The molecule has 0 aliphatic carbocycles. The van der Waals surface area contributed by atoms with Crippen LogP contribution in [0.4, 0.5) is 5.69 Å². The van der Waals surface area contributed by atoms with Crippen LogP contribution in [0.5, 0.6) is 0 Å². The summed E-state index contributed by atoms with van der Waals surface area (Å²) < 4.78 is 5.02. The van der Waals surface area contributed by atoms with Gasteiger partial charge in [-0.1, -0.05) is 48.5 Å². The van der Waals surface area contributed by atoms with Crippen LogP contribution >= 0.6 is 0 Å². The van der Waals surface area contributed by atoms with Gasteiger partial charge in [0.1, 0.15) is 6.54 Å². The number of ether oxygens (including phenoxy) is 1. The van der Waals surface area contributed by atoms with Crippen LogP contribution < -0.4 is 4.90 Å². The van der Waals surface area contributed by atoms with Gasteiger partial charge in [-0.25, -0.2) is 0 Å². The summed E-state index contributed by atoms with van der Waals surface area (Å²) in [5.74, 6) is -0.701. The Hall–Kier alpha value is -2.62. The topological polar surface area (TPSA) is 46.6 Å². The monoisotopic (exact) mass is 309 g/mol. The fraction of sp³-hybridized carbons (Fsp3) is 0.263. The van der Waals surface area contributed by atoms with E-state index in [2.05, 4.69) is 0 Å². The first-order valence-corrected chi connectivity index (χ1v) is 7.80. The lowest BCUT2D eigenvalue weighted by atomic mass is 9.86. The number of esters is 1. The molecule has 3 rings (SSSR count). The Kier molecular flexibility index (Phi) is 4.42. The van der Waals surface area contributed by atoms with Gasteiger partial charge in [-0.2, -0.15) is 0 Å². The zero-order valence-electron chi connectivity index (χ0n) is 13.1. The van der Waals surface area contributed by atoms with Crippen LogP contribution in [-0.4, -0.2) is 25.0 Å². The lowest BCUT2D eigenvalue weighted by Gasteiger charge is -2.33. The summed E-state index contributed by atoms with van der Waals surface area (Å²) in [5.41, 5.74) is 2.85. The summed E-state index contributed by atoms with van der Waals surface area (Å²) in [6.45, 7) is 2.02. The van der Waals surface area contributed by atoms with Gasteiger partial charge in [0, 0.05) is 5.69 Å². The van der Waals surface area contributed by atoms with Crippen LogP contribution in [0.1, 0.15) is 24.0 Å². The number of hydrogen-bond donors (Lipinski definition) is 0. The molecule has 0 spiro atoms. The van der Waals surface area contributed by atoms with Gasteiger partial charge in [0.15, 0.2) is 0 Å². The van der Waals surface area contributed by atoms with Crippen LogP contribution in [0.15, 0.2) is 54.6 Å². The average Bonchev–Trinajstić information content (AvgIpc) is 2.58. The maximum absolute atomic E-state index is 12.9. The smallest absolute Gasteiger partial charge is 0.326 e. The van der Waals surface area contributed by atoms with Gasteiger partial charge in [0.25, 0.3) is 0 Å². The normalized spacial score (nSPS) is 16.8. The van der Waals surface area contributed by atoms with Crippen molar-refractivity contribution < 1.29 is 14.3 Å². The SMILES string of the molecule is CCOC(=O)CN1C(=O)C(c2ccccc2)Cc2ccccc21. The van der Waals surface area contributed by atoms with Crippen molar-refractivity contribution in [2.75, 3.05) is 18.1 Å².